The van der Waals surface area contributed by atoms with Crippen molar-refractivity contribution in [1.29, 1.82) is 0 Å². The van der Waals surface area contributed by atoms with Gasteiger partial charge in [0.2, 0.25) is 0 Å². The van der Waals surface area contributed by atoms with Gasteiger partial charge >= 0.3 is 0 Å². The third-order valence-corrected chi connectivity index (χ3v) is 6.00. The van der Waals surface area contributed by atoms with Crippen LogP contribution >= 0.6 is 50.3 Å². The van der Waals surface area contributed by atoms with Crippen molar-refractivity contribution < 1.29 is 4.79 Å². The summed E-state index contributed by atoms with van der Waals surface area (Å²) in [7, 11) is 0. The molecule has 2 nitrogen and oxygen atoms in total. The zero-order valence-electron chi connectivity index (χ0n) is 10.1. The lowest BCUT2D eigenvalue weighted by Crippen LogP contribution is -2.36. The van der Waals surface area contributed by atoms with Crippen LogP contribution in [0.25, 0.3) is 0 Å². The van der Waals surface area contributed by atoms with Gasteiger partial charge in [-0.15, -0.1) is 0 Å². The number of carbonyl (C=O) groups is 1. The van der Waals surface area contributed by atoms with Gasteiger partial charge in [0, 0.05) is 19.3 Å². The van der Waals surface area contributed by atoms with Crippen LogP contribution in [-0.4, -0.2) is 23.0 Å². The number of hydrogen-bond donors (Lipinski definition) is 1. The Morgan fingerprint density at radius 1 is 1.61 bits per heavy atom. The van der Waals surface area contributed by atoms with Gasteiger partial charge in [-0.25, -0.2) is 0 Å². The van der Waals surface area contributed by atoms with Crippen LogP contribution in [0.4, 0.5) is 0 Å². The summed E-state index contributed by atoms with van der Waals surface area (Å²) < 4.78 is 2.14. The zero-order valence-corrected chi connectivity index (χ0v) is 14.7. The minimum absolute atomic E-state index is 0.00844. The molecule has 2 rings (SSSR count). The van der Waals surface area contributed by atoms with Crippen molar-refractivity contribution in [1.82, 2.24) is 5.32 Å². The molecule has 0 spiro atoms. The third-order valence-electron chi connectivity index (χ3n) is 3.10. The first-order valence-corrected chi connectivity index (χ1v) is 8.73. The maximum absolute atomic E-state index is 12.2. The average Bonchev–Trinajstić information content (AvgIpc) is 2.77. The quantitative estimate of drug-likeness (QED) is 0.719. The van der Waals surface area contributed by atoms with Gasteiger partial charge in [-0.1, -0.05) is 0 Å². The van der Waals surface area contributed by atoms with Crippen LogP contribution in [0, 0.1) is 3.57 Å². The van der Waals surface area contributed by atoms with E-state index in [4.69, 9.17) is 0 Å². The summed E-state index contributed by atoms with van der Waals surface area (Å²) in [4.78, 5) is 12.2. The van der Waals surface area contributed by atoms with E-state index in [9.17, 15) is 4.79 Å². The Morgan fingerprint density at radius 2 is 2.39 bits per heavy atom. The highest BCUT2D eigenvalue weighted by atomic mass is 127. The van der Waals surface area contributed by atoms with Crippen LogP contribution in [0.3, 0.4) is 0 Å². The largest absolute Gasteiger partial charge is 0.351 e. The predicted molar refractivity (Wildman–Crippen MR) is 89.3 cm³/mol. The Morgan fingerprint density at radius 3 is 3.06 bits per heavy atom. The van der Waals surface area contributed by atoms with Crippen LogP contribution in [-0.2, 0) is 0 Å². The second kappa shape index (κ2) is 6.13. The van der Waals surface area contributed by atoms with Gasteiger partial charge in [-0.3, -0.25) is 4.79 Å². The normalized spacial score (nSPS) is 23.1. The first kappa shape index (κ1) is 14.7. The van der Waals surface area contributed by atoms with Crippen molar-refractivity contribution in [2.75, 3.05) is 12.3 Å². The summed E-state index contributed by atoms with van der Waals surface area (Å²) in [6.45, 7) is 2.98. The molecule has 1 fully saturated rings. The van der Waals surface area contributed by atoms with E-state index < -0.39 is 0 Å². The van der Waals surface area contributed by atoms with Crippen molar-refractivity contribution >= 4 is 56.2 Å². The molecular weight excluding hydrogens is 425 g/mol. The number of nitrogens with one attached hydrogen (secondary N) is 1. The summed E-state index contributed by atoms with van der Waals surface area (Å²) in [5.41, 5.74) is 0.716. The predicted octanol–water partition coefficient (Wildman–Crippen LogP) is 4.07. The molecule has 1 N–H and O–H groups in total. The van der Waals surface area contributed by atoms with E-state index in [0.29, 0.717) is 5.56 Å². The van der Waals surface area contributed by atoms with Crippen molar-refractivity contribution in [3.05, 3.63) is 31.8 Å². The second-order valence-electron chi connectivity index (χ2n) is 4.71. The maximum atomic E-state index is 12.2. The van der Waals surface area contributed by atoms with Gasteiger partial charge in [0.1, 0.15) is 0 Å². The molecule has 1 aromatic rings. The summed E-state index contributed by atoms with van der Waals surface area (Å²) in [6.07, 6.45) is 2.44. The topological polar surface area (TPSA) is 29.1 Å². The first-order valence-electron chi connectivity index (χ1n) is 5.87. The molecule has 1 aliphatic heterocycles. The molecule has 1 aliphatic rings. The molecule has 1 amide bonds. The molecule has 0 radical (unpaired) electrons. The van der Waals surface area contributed by atoms with Crippen LogP contribution < -0.4 is 5.32 Å². The molecule has 1 aromatic carbocycles. The highest BCUT2D eigenvalue weighted by molar-refractivity contribution is 14.1. The van der Waals surface area contributed by atoms with Gasteiger partial charge in [-0.05, 0) is 82.2 Å². The summed E-state index contributed by atoms with van der Waals surface area (Å²) in [5, 5.41) is 3.06. The van der Waals surface area contributed by atoms with E-state index in [0.717, 1.165) is 14.6 Å². The lowest BCUT2D eigenvalue weighted by Gasteiger charge is -2.23. The van der Waals surface area contributed by atoms with E-state index >= 15 is 0 Å². The van der Waals surface area contributed by atoms with E-state index in [1.54, 1.807) is 0 Å². The minimum atomic E-state index is 0.00844. The van der Waals surface area contributed by atoms with E-state index in [-0.39, 0.29) is 10.7 Å². The number of thioether (sulfide) groups is 1. The molecule has 1 atom stereocenters. The highest BCUT2D eigenvalue weighted by Crippen LogP contribution is 2.37. The minimum Gasteiger partial charge on any atom is -0.351 e. The number of benzene rings is 1. The Kier molecular flexibility index (Phi) is 4.99. The molecule has 0 aromatic heterocycles. The van der Waals surface area contributed by atoms with Gasteiger partial charge in [0.15, 0.2) is 0 Å². The van der Waals surface area contributed by atoms with Crippen LogP contribution in [0.15, 0.2) is 22.7 Å². The Hall–Kier alpha value is 0.250. The molecule has 1 saturated heterocycles. The Balaban J connectivity index is 2.01. The van der Waals surface area contributed by atoms with Crippen molar-refractivity contribution in [3.8, 4) is 0 Å². The first-order chi connectivity index (χ1) is 8.50. The number of halogens is 2. The van der Waals surface area contributed by atoms with Crippen LogP contribution in [0.5, 0.6) is 0 Å². The van der Waals surface area contributed by atoms with E-state index in [1.807, 2.05) is 30.0 Å². The molecule has 0 aliphatic carbocycles. The second-order valence-corrected chi connectivity index (χ2v) is 8.49. The molecule has 98 valence electrons. The van der Waals surface area contributed by atoms with Gasteiger partial charge < -0.3 is 5.32 Å². The van der Waals surface area contributed by atoms with E-state index in [1.165, 1.54) is 18.6 Å². The van der Waals surface area contributed by atoms with Crippen LogP contribution in [0.1, 0.15) is 30.1 Å². The lowest BCUT2D eigenvalue weighted by molar-refractivity contribution is 0.0949. The number of rotatable bonds is 3. The fraction of sp³-hybridized carbons (Fsp3) is 0.462. The number of hydrogen-bond acceptors (Lipinski definition) is 2. The summed E-state index contributed by atoms with van der Waals surface area (Å²) >= 11 is 7.61. The highest BCUT2D eigenvalue weighted by Gasteiger charge is 2.29. The molecular formula is C13H15BrINOS. The molecule has 1 unspecified atom stereocenters. The lowest BCUT2D eigenvalue weighted by atomic mass is 10.1. The number of carbonyl (C=O) groups excluding carboxylic acids is 1. The van der Waals surface area contributed by atoms with Crippen molar-refractivity contribution in [2.24, 2.45) is 0 Å². The third kappa shape index (κ3) is 3.63. The number of amides is 1. The van der Waals surface area contributed by atoms with Crippen molar-refractivity contribution in [2.45, 2.75) is 24.5 Å². The maximum Gasteiger partial charge on any atom is 0.252 e. The average molecular weight is 440 g/mol. The molecule has 5 heteroatoms. The Bertz CT molecular complexity index is 460. The molecule has 18 heavy (non-hydrogen) atoms. The Labute approximate surface area is 134 Å². The fourth-order valence-electron chi connectivity index (χ4n) is 2.01. The van der Waals surface area contributed by atoms with E-state index in [2.05, 4.69) is 50.8 Å². The van der Waals surface area contributed by atoms with Gasteiger partial charge in [0.05, 0.1) is 5.56 Å². The smallest absolute Gasteiger partial charge is 0.252 e. The summed E-state index contributed by atoms with van der Waals surface area (Å²) in [6, 6.07) is 5.81. The molecule has 0 bridgehead atoms. The molecule has 1 heterocycles. The fourth-order valence-corrected chi connectivity index (χ4v) is 4.17. The molecule has 0 saturated carbocycles. The monoisotopic (exact) mass is 439 g/mol. The van der Waals surface area contributed by atoms with Crippen LogP contribution in [0.2, 0.25) is 0 Å². The van der Waals surface area contributed by atoms with Gasteiger partial charge in [-0.2, -0.15) is 11.8 Å². The van der Waals surface area contributed by atoms with Gasteiger partial charge in [0.25, 0.3) is 5.91 Å². The summed E-state index contributed by atoms with van der Waals surface area (Å²) in [5.74, 6) is 1.22. The zero-order chi connectivity index (χ0) is 13.2. The van der Waals surface area contributed by atoms with Crippen molar-refractivity contribution in [3.63, 3.8) is 0 Å². The SMILES string of the molecule is CC1(CNC(=O)c2cc(I)ccc2Br)CCCS1. The standard InChI is InChI=1S/C13H15BrINOS/c1-13(5-2-6-18-13)8-16-12(17)10-7-9(15)3-4-11(10)14/h3-4,7H,2,5-6,8H2,1H3,(H,16,17).